The lowest BCUT2D eigenvalue weighted by Gasteiger charge is -2.28. The van der Waals surface area contributed by atoms with Gasteiger partial charge in [-0.1, -0.05) is 38.1 Å². The van der Waals surface area contributed by atoms with E-state index in [2.05, 4.69) is 37.0 Å². The summed E-state index contributed by atoms with van der Waals surface area (Å²) in [5, 5.41) is 0.806. The van der Waals surface area contributed by atoms with Crippen molar-refractivity contribution in [1.29, 1.82) is 0 Å². The Bertz CT molecular complexity index is 871. The summed E-state index contributed by atoms with van der Waals surface area (Å²) in [7, 11) is 0. The van der Waals surface area contributed by atoms with Crippen molar-refractivity contribution in [2.75, 3.05) is 0 Å². The molecule has 0 unspecified atom stereocenters. The van der Waals surface area contributed by atoms with Gasteiger partial charge in [-0.15, -0.1) is 0 Å². The summed E-state index contributed by atoms with van der Waals surface area (Å²) in [6.45, 7) is 8.85. The Kier molecular flexibility index (Phi) is 5.23. The Labute approximate surface area is 152 Å². The van der Waals surface area contributed by atoms with Crippen molar-refractivity contribution < 1.29 is 0 Å². The molecule has 4 nitrogen and oxygen atoms in total. The molecule has 0 atom stereocenters. The van der Waals surface area contributed by atoms with Crippen LogP contribution in [0.1, 0.15) is 55.7 Å². The number of rotatable bonds is 5. The van der Waals surface area contributed by atoms with Gasteiger partial charge in [-0.25, -0.2) is 4.79 Å². The average Bonchev–Trinajstić information content (AvgIpc) is 2.43. The first-order valence-electron chi connectivity index (χ1n) is 8.98. The van der Waals surface area contributed by atoms with Gasteiger partial charge in [0.25, 0.3) is 5.56 Å². The van der Waals surface area contributed by atoms with E-state index in [1.165, 1.54) is 17.5 Å². The molecule has 25 heavy (non-hydrogen) atoms. The largest absolute Gasteiger partial charge is 0.329 e. The molecular formula is C20H26N2O2S. The minimum atomic E-state index is -0.284. The molecule has 3 rings (SSSR count). The van der Waals surface area contributed by atoms with Gasteiger partial charge in [-0.3, -0.25) is 14.3 Å². The lowest BCUT2D eigenvalue weighted by atomic mass is 9.85. The van der Waals surface area contributed by atoms with Crippen molar-refractivity contribution >= 4 is 11.8 Å². The van der Waals surface area contributed by atoms with Crippen LogP contribution in [-0.2, 0) is 6.54 Å². The number of benzene rings is 1. The monoisotopic (exact) mass is 358 g/mol. The number of hydrogen-bond acceptors (Lipinski definition) is 3. The van der Waals surface area contributed by atoms with Crippen LogP contribution in [0.15, 0.2) is 37.7 Å². The molecule has 2 aromatic rings. The van der Waals surface area contributed by atoms with Crippen LogP contribution in [0, 0.1) is 19.8 Å². The van der Waals surface area contributed by atoms with Gasteiger partial charge in [0, 0.05) is 11.4 Å². The molecule has 0 bridgehead atoms. The molecule has 1 saturated carbocycles. The lowest BCUT2D eigenvalue weighted by Crippen LogP contribution is -2.36. The molecule has 0 spiro atoms. The highest BCUT2D eigenvalue weighted by atomic mass is 32.2. The topological polar surface area (TPSA) is 54.9 Å². The number of hydrogen-bond donors (Lipinski definition) is 1. The van der Waals surface area contributed by atoms with Gasteiger partial charge < -0.3 is 0 Å². The fourth-order valence-electron chi connectivity index (χ4n) is 3.39. The van der Waals surface area contributed by atoms with Crippen LogP contribution >= 0.6 is 11.8 Å². The second-order valence-corrected chi connectivity index (χ2v) is 8.53. The van der Waals surface area contributed by atoms with Crippen molar-refractivity contribution in [1.82, 2.24) is 9.55 Å². The summed E-state index contributed by atoms with van der Waals surface area (Å²) >= 11 is 1.55. The smallest absolute Gasteiger partial charge is 0.287 e. The number of nitrogens with one attached hydrogen (secondary N) is 1. The second kappa shape index (κ2) is 7.24. The summed E-state index contributed by atoms with van der Waals surface area (Å²) in [5.74, 6) is 0.604. The molecule has 1 aromatic carbocycles. The first-order chi connectivity index (χ1) is 11.8. The third-order valence-corrected chi connectivity index (χ3v) is 5.94. The lowest BCUT2D eigenvalue weighted by molar-refractivity contribution is 0.264. The SMILES string of the molecule is Cc1cc(C)cc(Sc2c(C(C)C)c(=O)[nH]c(=O)n2CC2CCC2)c1. The van der Waals surface area contributed by atoms with Crippen LogP contribution in [0.5, 0.6) is 0 Å². The van der Waals surface area contributed by atoms with E-state index in [-0.39, 0.29) is 17.2 Å². The van der Waals surface area contributed by atoms with E-state index >= 15 is 0 Å². The van der Waals surface area contributed by atoms with Gasteiger partial charge in [-0.05, 0) is 61.8 Å². The van der Waals surface area contributed by atoms with Crippen LogP contribution in [0.4, 0.5) is 0 Å². The molecule has 1 aliphatic rings. The minimum absolute atomic E-state index is 0.0606. The van der Waals surface area contributed by atoms with Crippen LogP contribution in [0.3, 0.4) is 0 Å². The highest BCUT2D eigenvalue weighted by Gasteiger charge is 2.24. The molecule has 1 fully saturated rings. The van der Waals surface area contributed by atoms with E-state index < -0.39 is 0 Å². The maximum absolute atomic E-state index is 12.5. The first-order valence-corrected chi connectivity index (χ1v) is 9.80. The van der Waals surface area contributed by atoms with Crippen LogP contribution in [0.2, 0.25) is 0 Å². The standard InChI is InChI=1S/C20H26N2O2S/c1-12(2)17-18(23)21-20(24)22(11-15-6-5-7-15)19(17)25-16-9-13(3)8-14(4)10-16/h8-10,12,15H,5-7,11H2,1-4H3,(H,21,23,24). The van der Waals surface area contributed by atoms with E-state index in [0.717, 1.165) is 22.8 Å². The predicted molar refractivity (Wildman–Crippen MR) is 103 cm³/mol. The van der Waals surface area contributed by atoms with Crippen molar-refractivity contribution in [3.8, 4) is 0 Å². The molecule has 5 heteroatoms. The van der Waals surface area contributed by atoms with Crippen LogP contribution in [-0.4, -0.2) is 9.55 Å². The molecule has 0 aliphatic heterocycles. The number of H-pyrrole nitrogens is 1. The average molecular weight is 359 g/mol. The highest BCUT2D eigenvalue weighted by molar-refractivity contribution is 7.99. The van der Waals surface area contributed by atoms with Gasteiger partial charge >= 0.3 is 5.69 Å². The molecule has 1 aromatic heterocycles. The van der Waals surface area contributed by atoms with Gasteiger partial charge in [0.2, 0.25) is 0 Å². The normalized spacial score (nSPS) is 14.8. The quantitative estimate of drug-likeness (QED) is 0.814. The predicted octanol–water partition coefficient (Wildman–Crippen LogP) is 4.23. The molecule has 0 amide bonds. The molecule has 0 saturated heterocycles. The van der Waals surface area contributed by atoms with Gasteiger partial charge in [-0.2, -0.15) is 0 Å². The second-order valence-electron chi connectivity index (χ2n) is 7.47. The number of nitrogens with zero attached hydrogens (tertiary/aromatic N) is 1. The Morgan fingerprint density at radius 2 is 1.80 bits per heavy atom. The van der Waals surface area contributed by atoms with Crippen LogP contribution in [0.25, 0.3) is 0 Å². The van der Waals surface area contributed by atoms with Crippen molar-refractivity contribution in [3.63, 3.8) is 0 Å². The molecule has 0 radical (unpaired) electrons. The Morgan fingerprint density at radius 1 is 1.16 bits per heavy atom. The van der Waals surface area contributed by atoms with E-state index in [1.54, 1.807) is 16.3 Å². The van der Waals surface area contributed by atoms with Gasteiger partial charge in [0.05, 0.1) is 10.6 Å². The Hall–Kier alpha value is -1.75. The van der Waals surface area contributed by atoms with E-state index in [4.69, 9.17) is 0 Å². The third kappa shape index (κ3) is 3.92. The molecule has 134 valence electrons. The number of aromatic nitrogens is 2. The van der Waals surface area contributed by atoms with E-state index in [0.29, 0.717) is 18.0 Å². The zero-order valence-electron chi connectivity index (χ0n) is 15.4. The summed E-state index contributed by atoms with van der Waals surface area (Å²) in [6, 6.07) is 6.36. The number of aromatic amines is 1. The maximum atomic E-state index is 12.5. The van der Waals surface area contributed by atoms with Crippen molar-refractivity contribution in [3.05, 3.63) is 55.7 Å². The summed E-state index contributed by atoms with van der Waals surface area (Å²) < 4.78 is 1.79. The van der Waals surface area contributed by atoms with E-state index in [9.17, 15) is 9.59 Å². The fourth-order valence-corrected chi connectivity index (χ4v) is 4.81. The first kappa shape index (κ1) is 18.1. The molecule has 1 N–H and O–H groups in total. The summed E-state index contributed by atoms with van der Waals surface area (Å²) in [6.07, 6.45) is 3.56. The van der Waals surface area contributed by atoms with Crippen LogP contribution < -0.4 is 11.2 Å². The minimum Gasteiger partial charge on any atom is -0.287 e. The molecule has 1 heterocycles. The Morgan fingerprint density at radius 3 is 2.32 bits per heavy atom. The fraction of sp³-hybridized carbons (Fsp3) is 0.500. The molecular weight excluding hydrogens is 332 g/mol. The Balaban J connectivity index is 2.12. The number of aryl methyl sites for hydroxylation is 2. The highest BCUT2D eigenvalue weighted by Crippen LogP contribution is 2.34. The summed E-state index contributed by atoms with van der Waals surface area (Å²) in [5.41, 5.74) is 2.55. The zero-order valence-corrected chi connectivity index (χ0v) is 16.2. The van der Waals surface area contributed by atoms with Gasteiger partial charge in [0.1, 0.15) is 0 Å². The van der Waals surface area contributed by atoms with E-state index in [1.807, 2.05) is 13.8 Å². The molecule has 1 aliphatic carbocycles. The maximum Gasteiger partial charge on any atom is 0.329 e. The van der Waals surface area contributed by atoms with Crippen molar-refractivity contribution in [2.24, 2.45) is 5.92 Å². The van der Waals surface area contributed by atoms with Gasteiger partial charge in [0.15, 0.2) is 0 Å². The third-order valence-electron chi connectivity index (χ3n) is 4.84. The zero-order chi connectivity index (χ0) is 18.1. The van der Waals surface area contributed by atoms with Crippen molar-refractivity contribution in [2.45, 2.75) is 69.3 Å². The summed E-state index contributed by atoms with van der Waals surface area (Å²) in [4.78, 5) is 28.6.